The molecule has 0 bridgehead atoms. The van der Waals surface area contributed by atoms with Crippen LogP contribution in [0.5, 0.6) is 0 Å². The molecule has 0 amide bonds. The molecule has 1 saturated heterocycles. The molecule has 2 aliphatic rings. The maximum absolute atomic E-state index is 13.8. The molecule has 0 aromatic carbocycles. The molecule has 3 heterocycles. The molecule has 126 valence electrons. The van der Waals surface area contributed by atoms with E-state index in [4.69, 9.17) is 4.98 Å². The molecule has 0 radical (unpaired) electrons. The largest absolute Gasteiger partial charge is 0.353 e. The van der Waals surface area contributed by atoms with E-state index >= 15 is 0 Å². The Bertz CT molecular complexity index is 725. The van der Waals surface area contributed by atoms with Gasteiger partial charge in [0.15, 0.2) is 11.6 Å². The van der Waals surface area contributed by atoms with Gasteiger partial charge < -0.3 is 9.80 Å². The Kier molecular flexibility index (Phi) is 4.00. The molecule has 2 aromatic rings. The van der Waals surface area contributed by atoms with Gasteiger partial charge in [-0.15, -0.1) is 0 Å². The Morgan fingerprint density at radius 1 is 1.12 bits per heavy atom. The maximum Gasteiger partial charge on any atom is 0.183 e. The number of aryl methyl sites for hydroxylation is 1. The fourth-order valence-electron chi connectivity index (χ4n) is 3.06. The van der Waals surface area contributed by atoms with Gasteiger partial charge in [-0.05, 0) is 19.3 Å². The Hall–Kier alpha value is -2.31. The maximum atomic E-state index is 13.8. The van der Waals surface area contributed by atoms with Crippen molar-refractivity contribution in [3.05, 3.63) is 35.9 Å². The third-order valence-corrected chi connectivity index (χ3v) is 4.64. The van der Waals surface area contributed by atoms with Crippen molar-refractivity contribution in [1.82, 2.24) is 19.9 Å². The van der Waals surface area contributed by atoms with Crippen molar-refractivity contribution >= 4 is 11.6 Å². The molecule has 6 nitrogen and oxygen atoms in total. The summed E-state index contributed by atoms with van der Waals surface area (Å²) in [5, 5.41) is 0. The summed E-state index contributed by atoms with van der Waals surface area (Å²) in [4.78, 5) is 21.5. The molecule has 1 saturated carbocycles. The van der Waals surface area contributed by atoms with E-state index in [1.165, 1.54) is 25.4 Å². The molecule has 1 aliphatic carbocycles. The third kappa shape index (κ3) is 3.02. The lowest BCUT2D eigenvalue weighted by Gasteiger charge is -2.36. The Morgan fingerprint density at radius 3 is 2.54 bits per heavy atom. The number of anilines is 2. The van der Waals surface area contributed by atoms with Crippen LogP contribution in [0.15, 0.2) is 18.6 Å². The van der Waals surface area contributed by atoms with Gasteiger partial charge in [0.2, 0.25) is 0 Å². The molecule has 0 N–H and O–H groups in total. The molecule has 24 heavy (non-hydrogen) atoms. The van der Waals surface area contributed by atoms with Crippen LogP contribution >= 0.6 is 0 Å². The Balaban J connectivity index is 1.49. The zero-order chi connectivity index (χ0) is 16.5. The van der Waals surface area contributed by atoms with E-state index in [0.29, 0.717) is 11.7 Å². The van der Waals surface area contributed by atoms with Crippen molar-refractivity contribution in [2.45, 2.75) is 32.1 Å². The monoisotopic (exact) mass is 328 g/mol. The SMILES string of the molecule is CCc1cc(N2CCN(c3ncncc3F)CC2)nc(C2CC2)n1. The average Bonchev–Trinajstić information content (AvgIpc) is 3.47. The van der Waals surface area contributed by atoms with Gasteiger partial charge >= 0.3 is 0 Å². The molecule has 0 spiro atoms. The number of piperazine rings is 1. The first-order valence-corrected chi connectivity index (χ1v) is 8.58. The zero-order valence-corrected chi connectivity index (χ0v) is 13.8. The van der Waals surface area contributed by atoms with E-state index in [9.17, 15) is 4.39 Å². The number of hydrogen-bond acceptors (Lipinski definition) is 6. The van der Waals surface area contributed by atoms with Crippen molar-refractivity contribution in [3.63, 3.8) is 0 Å². The van der Waals surface area contributed by atoms with Gasteiger partial charge in [0.25, 0.3) is 0 Å². The standard InChI is InChI=1S/C17H21FN6/c1-2-13-9-15(22-16(21-13)12-3-4-12)23-5-7-24(8-6-23)17-14(18)10-19-11-20-17/h9-12H,2-8H2,1H3. The predicted octanol–water partition coefficient (Wildman–Crippen LogP) is 2.17. The smallest absolute Gasteiger partial charge is 0.183 e. The molecule has 4 rings (SSSR count). The molecule has 0 unspecified atom stereocenters. The highest BCUT2D eigenvalue weighted by Crippen LogP contribution is 2.38. The third-order valence-electron chi connectivity index (χ3n) is 4.64. The van der Waals surface area contributed by atoms with Gasteiger partial charge in [-0.2, -0.15) is 0 Å². The van der Waals surface area contributed by atoms with Crippen molar-refractivity contribution < 1.29 is 4.39 Å². The molecule has 2 aromatic heterocycles. The second-order valence-electron chi connectivity index (χ2n) is 6.37. The van der Waals surface area contributed by atoms with Crippen molar-refractivity contribution in [3.8, 4) is 0 Å². The molecular formula is C17H21FN6. The summed E-state index contributed by atoms with van der Waals surface area (Å²) < 4.78 is 13.8. The summed E-state index contributed by atoms with van der Waals surface area (Å²) in [6.45, 7) is 5.16. The van der Waals surface area contributed by atoms with Crippen LogP contribution in [-0.2, 0) is 6.42 Å². The first-order chi connectivity index (χ1) is 11.7. The predicted molar refractivity (Wildman–Crippen MR) is 89.8 cm³/mol. The highest BCUT2D eigenvalue weighted by molar-refractivity contribution is 5.46. The normalized spacial score (nSPS) is 18.1. The number of halogens is 1. The lowest BCUT2D eigenvalue weighted by Crippen LogP contribution is -2.47. The van der Waals surface area contributed by atoms with Gasteiger partial charge in [0.1, 0.15) is 18.0 Å². The van der Waals surface area contributed by atoms with E-state index < -0.39 is 0 Å². The summed E-state index contributed by atoms with van der Waals surface area (Å²) in [5.74, 6) is 2.57. The Morgan fingerprint density at radius 2 is 1.88 bits per heavy atom. The van der Waals surface area contributed by atoms with Crippen LogP contribution in [0.3, 0.4) is 0 Å². The average molecular weight is 328 g/mol. The number of nitrogens with zero attached hydrogens (tertiary/aromatic N) is 6. The fraction of sp³-hybridized carbons (Fsp3) is 0.529. The minimum absolute atomic E-state index is 0.364. The van der Waals surface area contributed by atoms with Gasteiger partial charge in [-0.3, -0.25) is 0 Å². The fourth-order valence-corrected chi connectivity index (χ4v) is 3.06. The highest BCUT2D eigenvalue weighted by atomic mass is 19.1. The van der Waals surface area contributed by atoms with Crippen LogP contribution < -0.4 is 9.80 Å². The highest BCUT2D eigenvalue weighted by Gasteiger charge is 2.28. The second kappa shape index (κ2) is 6.30. The van der Waals surface area contributed by atoms with Crippen LogP contribution in [0.25, 0.3) is 0 Å². The molecule has 1 aliphatic heterocycles. The van der Waals surface area contributed by atoms with Crippen molar-refractivity contribution in [2.75, 3.05) is 36.0 Å². The van der Waals surface area contributed by atoms with Crippen LogP contribution in [-0.4, -0.2) is 46.1 Å². The van der Waals surface area contributed by atoms with Gasteiger partial charge in [0.05, 0.1) is 6.20 Å². The topological polar surface area (TPSA) is 58.0 Å². The number of hydrogen-bond donors (Lipinski definition) is 0. The summed E-state index contributed by atoms with van der Waals surface area (Å²) in [7, 11) is 0. The summed E-state index contributed by atoms with van der Waals surface area (Å²) in [5.41, 5.74) is 1.10. The lowest BCUT2D eigenvalue weighted by molar-refractivity contribution is 0.580. The van der Waals surface area contributed by atoms with E-state index in [-0.39, 0.29) is 5.82 Å². The van der Waals surface area contributed by atoms with Crippen LogP contribution in [0.4, 0.5) is 16.0 Å². The summed E-state index contributed by atoms with van der Waals surface area (Å²) >= 11 is 0. The van der Waals surface area contributed by atoms with E-state index in [1.54, 1.807) is 0 Å². The zero-order valence-electron chi connectivity index (χ0n) is 13.8. The van der Waals surface area contributed by atoms with Gasteiger partial charge in [-0.1, -0.05) is 6.92 Å². The van der Waals surface area contributed by atoms with Gasteiger partial charge in [-0.25, -0.2) is 24.3 Å². The van der Waals surface area contributed by atoms with Crippen LogP contribution in [0.1, 0.15) is 37.2 Å². The molecule has 2 fully saturated rings. The number of rotatable bonds is 4. The van der Waals surface area contributed by atoms with Crippen LogP contribution in [0.2, 0.25) is 0 Å². The minimum Gasteiger partial charge on any atom is -0.353 e. The number of aromatic nitrogens is 4. The van der Waals surface area contributed by atoms with Gasteiger partial charge in [0, 0.05) is 43.9 Å². The van der Waals surface area contributed by atoms with E-state index in [1.807, 2.05) is 4.90 Å². The minimum atomic E-state index is -0.364. The van der Waals surface area contributed by atoms with Crippen molar-refractivity contribution in [1.29, 1.82) is 0 Å². The quantitative estimate of drug-likeness (QED) is 0.857. The summed E-state index contributed by atoms with van der Waals surface area (Å²) in [6, 6.07) is 2.09. The van der Waals surface area contributed by atoms with E-state index in [2.05, 4.69) is 32.8 Å². The lowest BCUT2D eigenvalue weighted by atomic mass is 10.2. The van der Waals surface area contributed by atoms with Crippen molar-refractivity contribution in [2.24, 2.45) is 0 Å². The van der Waals surface area contributed by atoms with E-state index in [0.717, 1.165) is 49.9 Å². The first kappa shape index (κ1) is 15.2. The molecular weight excluding hydrogens is 307 g/mol. The van der Waals surface area contributed by atoms with Crippen LogP contribution in [0, 0.1) is 5.82 Å². The second-order valence-corrected chi connectivity index (χ2v) is 6.37. The Labute approximate surface area is 140 Å². The molecule has 0 atom stereocenters. The first-order valence-electron chi connectivity index (χ1n) is 8.58. The molecule has 7 heteroatoms. The summed E-state index contributed by atoms with van der Waals surface area (Å²) in [6.07, 6.45) is 5.93.